The van der Waals surface area contributed by atoms with Crippen LogP contribution in [0, 0.1) is 13.8 Å². The van der Waals surface area contributed by atoms with Crippen LogP contribution in [0.1, 0.15) is 56.3 Å². The maximum absolute atomic E-state index is 12.7. The van der Waals surface area contributed by atoms with E-state index >= 15 is 0 Å². The number of ketones is 1. The Morgan fingerprint density at radius 3 is 2.54 bits per heavy atom. The molecule has 26 heavy (non-hydrogen) atoms. The smallest absolute Gasteiger partial charge is 0.340 e. The van der Waals surface area contributed by atoms with Crippen molar-refractivity contribution in [3.8, 4) is 0 Å². The maximum Gasteiger partial charge on any atom is 0.340 e. The zero-order valence-electron chi connectivity index (χ0n) is 14.9. The number of carbonyl (C=O) groups excluding carboxylic acids is 3. The van der Waals surface area contributed by atoms with E-state index in [1.54, 1.807) is 26.8 Å². The first kappa shape index (κ1) is 19.8. The summed E-state index contributed by atoms with van der Waals surface area (Å²) in [5.41, 5.74) is 1.77. The summed E-state index contributed by atoms with van der Waals surface area (Å²) in [5.74, 6) is -1.59. The molecule has 0 saturated heterocycles. The third-order valence-electron chi connectivity index (χ3n) is 3.76. The molecule has 0 spiro atoms. The van der Waals surface area contributed by atoms with E-state index in [-0.39, 0.29) is 17.9 Å². The molecule has 0 aromatic carbocycles. The van der Waals surface area contributed by atoms with Crippen molar-refractivity contribution in [1.29, 1.82) is 0 Å². The van der Waals surface area contributed by atoms with E-state index < -0.39 is 23.8 Å². The van der Waals surface area contributed by atoms with Gasteiger partial charge in [0.15, 0.2) is 6.10 Å². The average Bonchev–Trinajstić information content (AvgIpc) is 2.88. The minimum absolute atomic E-state index is 0.221. The summed E-state index contributed by atoms with van der Waals surface area (Å²) in [4.78, 5) is 43.7. The van der Waals surface area contributed by atoms with Gasteiger partial charge in [0.2, 0.25) is 5.78 Å². The molecular weight excluding hydrogens is 404 g/mol. The number of rotatable bonds is 6. The van der Waals surface area contributed by atoms with Gasteiger partial charge in [-0.2, -0.15) is 0 Å². The van der Waals surface area contributed by atoms with Gasteiger partial charge in [0.1, 0.15) is 0 Å². The Kier molecular flexibility index (Phi) is 6.31. The van der Waals surface area contributed by atoms with Gasteiger partial charge in [0.25, 0.3) is 0 Å². The normalized spacial score (nSPS) is 11.7. The van der Waals surface area contributed by atoms with Gasteiger partial charge in [-0.1, -0.05) is 0 Å². The van der Waals surface area contributed by atoms with Gasteiger partial charge in [0, 0.05) is 22.6 Å². The van der Waals surface area contributed by atoms with Crippen LogP contribution in [0.2, 0.25) is 0 Å². The molecule has 0 fully saturated rings. The third-order valence-corrected chi connectivity index (χ3v) is 4.19. The molecule has 0 amide bonds. The molecule has 0 saturated carbocycles. The summed E-state index contributed by atoms with van der Waals surface area (Å²) in [6.45, 7) is 6.75. The zero-order valence-corrected chi connectivity index (χ0v) is 16.5. The van der Waals surface area contributed by atoms with Crippen LogP contribution >= 0.6 is 15.9 Å². The molecular formula is C18H19BrN2O5. The lowest BCUT2D eigenvalue weighted by Crippen LogP contribution is -2.25. The van der Waals surface area contributed by atoms with E-state index in [1.807, 2.05) is 0 Å². The predicted octanol–water partition coefficient (Wildman–Crippen LogP) is 3.39. The number of halogens is 1. The van der Waals surface area contributed by atoms with E-state index in [2.05, 4.69) is 25.9 Å². The Hall–Kier alpha value is -2.48. The van der Waals surface area contributed by atoms with Crippen molar-refractivity contribution < 1.29 is 23.9 Å². The van der Waals surface area contributed by atoms with Crippen LogP contribution < -0.4 is 0 Å². The standard InChI is InChI=1S/C18H19BrN2O5/c1-5-25-18(24)14-9(2)15(21-10(14)3)16(22)11(4)26-17(23)12-6-13(19)8-20-7-12/h6-8,11,21H,5H2,1-4H3. The highest BCUT2D eigenvalue weighted by Gasteiger charge is 2.27. The lowest BCUT2D eigenvalue weighted by Gasteiger charge is -2.12. The van der Waals surface area contributed by atoms with Crippen molar-refractivity contribution in [3.63, 3.8) is 0 Å². The number of aromatic nitrogens is 2. The first-order valence-corrected chi connectivity index (χ1v) is 8.77. The quantitative estimate of drug-likeness (QED) is 0.565. The molecule has 2 aromatic rings. The van der Waals surface area contributed by atoms with Crippen molar-refractivity contribution >= 4 is 33.7 Å². The highest BCUT2D eigenvalue weighted by Crippen LogP contribution is 2.21. The largest absolute Gasteiger partial charge is 0.462 e. The molecule has 2 rings (SSSR count). The Morgan fingerprint density at radius 1 is 1.23 bits per heavy atom. The summed E-state index contributed by atoms with van der Waals surface area (Å²) >= 11 is 3.22. The fourth-order valence-electron chi connectivity index (χ4n) is 2.51. The number of carbonyl (C=O) groups is 3. The molecule has 2 aromatic heterocycles. The van der Waals surface area contributed by atoms with Crippen LogP contribution in [0.4, 0.5) is 0 Å². The molecule has 0 bridgehead atoms. The van der Waals surface area contributed by atoms with Crippen molar-refractivity contribution in [2.24, 2.45) is 0 Å². The molecule has 2 heterocycles. The fraction of sp³-hybridized carbons (Fsp3) is 0.333. The van der Waals surface area contributed by atoms with Gasteiger partial charge < -0.3 is 14.5 Å². The number of hydrogen-bond donors (Lipinski definition) is 1. The number of nitrogens with zero attached hydrogens (tertiary/aromatic N) is 1. The Bertz CT molecular complexity index is 859. The highest BCUT2D eigenvalue weighted by molar-refractivity contribution is 9.10. The number of aryl methyl sites for hydroxylation is 1. The Labute approximate surface area is 159 Å². The molecule has 8 heteroatoms. The zero-order chi connectivity index (χ0) is 19.4. The van der Waals surface area contributed by atoms with Crippen molar-refractivity contribution in [1.82, 2.24) is 9.97 Å². The summed E-state index contributed by atoms with van der Waals surface area (Å²) in [7, 11) is 0. The van der Waals surface area contributed by atoms with Crippen LogP contribution in [0.25, 0.3) is 0 Å². The van der Waals surface area contributed by atoms with Crippen molar-refractivity contribution in [3.05, 3.63) is 51.0 Å². The molecule has 138 valence electrons. The number of hydrogen-bond acceptors (Lipinski definition) is 6. The number of nitrogens with one attached hydrogen (secondary N) is 1. The minimum atomic E-state index is -1.03. The lowest BCUT2D eigenvalue weighted by atomic mass is 10.1. The number of ether oxygens (including phenoxy) is 2. The van der Waals surface area contributed by atoms with Crippen molar-refractivity contribution in [2.75, 3.05) is 6.61 Å². The van der Waals surface area contributed by atoms with E-state index in [1.165, 1.54) is 19.3 Å². The molecule has 1 atom stereocenters. The second kappa shape index (κ2) is 8.27. The van der Waals surface area contributed by atoms with E-state index in [0.29, 0.717) is 21.3 Å². The number of pyridine rings is 1. The number of aromatic amines is 1. The van der Waals surface area contributed by atoms with Gasteiger partial charge >= 0.3 is 11.9 Å². The second-order valence-electron chi connectivity index (χ2n) is 5.65. The Morgan fingerprint density at radius 2 is 1.92 bits per heavy atom. The molecule has 1 N–H and O–H groups in total. The Balaban J connectivity index is 2.19. The molecule has 0 aliphatic heterocycles. The van der Waals surface area contributed by atoms with Crippen LogP contribution in [-0.2, 0) is 9.47 Å². The third kappa shape index (κ3) is 4.19. The van der Waals surface area contributed by atoms with Crippen LogP contribution in [0.3, 0.4) is 0 Å². The molecule has 0 aliphatic rings. The van der Waals surface area contributed by atoms with Gasteiger partial charge in [-0.25, -0.2) is 9.59 Å². The topological polar surface area (TPSA) is 98.4 Å². The molecule has 7 nitrogen and oxygen atoms in total. The van der Waals surface area contributed by atoms with E-state index in [4.69, 9.17) is 9.47 Å². The summed E-state index contributed by atoms with van der Waals surface area (Å²) in [5, 5.41) is 0. The van der Waals surface area contributed by atoms with Crippen molar-refractivity contribution in [2.45, 2.75) is 33.8 Å². The van der Waals surface area contributed by atoms with E-state index in [0.717, 1.165) is 0 Å². The van der Waals surface area contributed by atoms with Crippen LogP contribution in [0.5, 0.6) is 0 Å². The van der Waals surface area contributed by atoms with Gasteiger partial charge in [0.05, 0.1) is 23.4 Å². The summed E-state index contributed by atoms with van der Waals surface area (Å²) in [6.07, 6.45) is 1.86. The summed E-state index contributed by atoms with van der Waals surface area (Å²) < 4.78 is 10.9. The fourth-order valence-corrected chi connectivity index (χ4v) is 2.88. The lowest BCUT2D eigenvalue weighted by molar-refractivity contribution is 0.0316. The monoisotopic (exact) mass is 422 g/mol. The summed E-state index contributed by atoms with van der Waals surface area (Å²) in [6, 6.07) is 1.55. The van der Waals surface area contributed by atoms with E-state index in [9.17, 15) is 14.4 Å². The molecule has 1 unspecified atom stereocenters. The number of esters is 2. The second-order valence-corrected chi connectivity index (χ2v) is 6.56. The maximum atomic E-state index is 12.7. The first-order chi connectivity index (χ1) is 12.3. The molecule has 0 aliphatic carbocycles. The van der Waals surface area contributed by atoms with Gasteiger partial charge in [-0.3, -0.25) is 9.78 Å². The minimum Gasteiger partial charge on any atom is -0.462 e. The first-order valence-electron chi connectivity index (χ1n) is 7.98. The number of H-pyrrole nitrogens is 1. The number of Topliss-reactive ketones (excluding diaryl/α,β-unsaturated/α-hetero) is 1. The predicted molar refractivity (Wildman–Crippen MR) is 97.4 cm³/mol. The van der Waals surface area contributed by atoms with Crippen LogP contribution in [0.15, 0.2) is 22.9 Å². The SMILES string of the molecule is CCOC(=O)c1c(C)[nH]c(C(=O)C(C)OC(=O)c2cncc(Br)c2)c1C. The average molecular weight is 423 g/mol. The molecule has 0 radical (unpaired) electrons. The highest BCUT2D eigenvalue weighted by atomic mass is 79.9. The van der Waals surface area contributed by atoms with Crippen LogP contribution in [-0.4, -0.2) is 40.4 Å². The van der Waals surface area contributed by atoms with Gasteiger partial charge in [-0.15, -0.1) is 0 Å². The van der Waals surface area contributed by atoms with Gasteiger partial charge in [-0.05, 0) is 55.3 Å².